The number of amides is 5. The van der Waals surface area contributed by atoms with Crippen LogP contribution < -0.4 is 21.3 Å². The number of carbonyl (C=O) groups is 8. The molecule has 42 nitrogen and oxygen atoms in total. The van der Waals surface area contributed by atoms with Gasteiger partial charge < -0.3 is 139 Å². The summed E-state index contributed by atoms with van der Waals surface area (Å²) in [5.41, 5.74) is -1.73. The monoisotopic (exact) mass is 1800 g/mol. The zero-order valence-electron chi connectivity index (χ0n) is 70.7. The number of ether oxygens (including phenoxy) is 10. The van der Waals surface area contributed by atoms with Gasteiger partial charge in [-0.25, -0.2) is 9.13 Å². The number of Topliss-reactive ketones (excluding diaryl/α,β-unsaturated/α-hetero) is 3. The fourth-order valence-electron chi connectivity index (χ4n) is 14.1. The van der Waals surface area contributed by atoms with E-state index in [1.165, 1.54) is 0 Å². The first-order valence-corrected chi connectivity index (χ1v) is 45.0. The Kier molecular flexibility index (Phi) is 55.5. The zero-order chi connectivity index (χ0) is 89.7. The second-order valence-corrected chi connectivity index (χ2v) is 34.2. The fraction of sp³-hybridized carbons (Fsp3) is 0.897. The molecule has 5 saturated heterocycles. The lowest BCUT2D eigenvalue weighted by molar-refractivity contribution is -0.282. The maximum Gasteiger partial charge on any atom is 0.472 e. The normalized spacial score (nSPS) is 28.6. The molecular formula is C78H143N5O37P2. The average Bonchev–Trinajstić information content (AvgIpc) is 1.59. The third-order valence-electron chi connectivity index (χ3n) is 21.3. The van der Waals surface area contributed by atoms with Gasteiger partial charge in [0.1, 0.15) is 78.1 Å². The molecule has 17 N–H and O–H groups in total. The lowest BCUT2D eigenvalue weighted by Gasteiger charge is -2.40. The van der Waals surface area contributed by atoms with Gasteiger partial charge in [-0.15, -0.1) is 0 Å². The van der Waals surface area contributed by atoms with Crippen molar-refractivity contribution >= 4 is 62.5 Å². The highest BCUT2D eigenvalue weighted by molar-refractivity contribution is 7.47. The number of phosphoric acid groups is 2. The van der Waals surface area contributed by atoms with Crippen LogP contribution in [0, 0.1) is 17.8 Å². The predicted octanol–water partition coefficient (Wildman–Crippen LogP) is -0.546. The minimum atomic E-state index is -4.99. The molecule has 0 aromatic rings. The molecule has 5 rings (SSSR count). The van der Waals surface area contributed by atoms with Crippen LogP contribution in [-0.4, -0.2) is 360 Å². The van der Waals surface area contributed by atoms with Crippen LogP contribution in [0.2, 0.25) is 0 Å². The van der Waals surface area contributed by atoms with Crippen molar-refractivity contribution in [2.24, 2.45) is 17.8 Å². The molecule has 0 aromatic carbocycles. The zero-order valence-corrected chi connectivity index (χ0v) is 72.5. The van der Waals surface area contributed by atoms with E-state index in [1.54, 1.807) is 27.7 Å². The Balaban J connectivity index is 0.0000127. The van der Waals surface area contributed by atoms with Crippen molar-refractivity contribution in [2.45, 2.75) is 299 Å². The molecule has 0 spiro atoms. The van der Waals surface area contributed by atoms with Crippen LogP contribution in [0.5, 0.6) is 0 Å². The number of hydrogen-bond acceptors (Lipinski definition) is 35. The number of unbranched alkanes of at least 4 members (excludes halogenated alkanes) is 6. The number of phosphoric ester groups is 2. The third-order valence-corrected chi connectivity index (χ3v) is 23.4. The Labute approximate surface area is 714 Å². The first-order valence-electron chi connectivity index (χ1n) is 42.0. The third kappa shape index (κ3) is 41.4. The highest BCUT2D eigenvalue weighted by Crippen LogP contribution is 2.50. The topological polar surface area (TPSA) is 614 Å². The van der Waals surface area contributed by atoms with E-state index in [-0.39, 0.29) is 148 Å². The van der Waals surface area contributed by atoms with E-state index in [2.05, 4.69) is 25.8 Å². The summed E-state index contributed by atoms with van der Waals surface area (Å²) >= 11 is 0. The van der Waals surface area contributed by atoms with E-state index in [0.29, 0.717) is 89.9 Å². The summed E-state index contributed by atoms with van der Waals surface area (Å²) in [4.78, 5) is 128. The molecule has 5 aliphatic heterocycles. The van der Waals surface area contributed by atoms with Crippen molar-refractivity contribution in [3.8, 4) is 0 Å². The van der Waals surface area contributed by atoms with Crippen LogP contribution in [0.15, 0.2) is 0 Å². The first kappa shape index (κ1) is 112. The van der Waals surface area contributed by atoms with Gasteiger partial charge in [0, 0.05) is 142 Å². The Hall–Kier alpha value is -4.26. The molecule has 5 amide bonds. The van der Waals surface area contributed by atoms with Crippen LogP contribution in [0.25, 0.3) is 0 Å². The Morgan fingerprint density at radius 3 is 1.26 bits per heavy atom. The van der Waals surface area contributed by atoms with Gasteiger partial charge in [-0.1, -0.05) is 34.6 Å². The van der Waals surface area contributed by atoms with E-state index in [9.17, 15) is 108 Å². The lowest BCUT2D eigenvalue weighted by Crippen LogP contribution is -2.59. The largest absolute Gasteiger partial charge is 0.472 e. The van der Waals surface area contributed by atoms with Gasteiger partial charge in [-0.2, -0.15) is 0 Å². The maximum atomic E-state index is 14.4. The summed E-state index contributed by atoms with van der Waals surface area (Å²) in [6.07, 6.45) is -10.9. The molecule has 0 aromatic heterocycles. The lowest BCUT2D eigenvalue weighted by atomic mass is 9.92. The number of ketones is 3. The van der Waals surface area contributed by atoms with Crippen LogP contribution in [0.1, 0.15) is 189 Å². The minimum Gasteiger partial charge on any atom is -0.400 e. The van der Waals surface area contributed by atoms with Crippen molar-refractivity contribution in [2.75, 3.05) is 133 Å². The van der Waals surface area contributed by atoms with Crippen LogP contribution in [0.3, 0.4) is 0 Å². The van der Waals surface area contributed by atoms with Crippen LogP contribution in [-0.2, 0) is 113 Å². The van der Waals surface area contributed by atoms with Crippen LogP contribution in [0.4, 0.5) is 0 Å². The number of rotatable bonds is 63. The molecule has 122 heavy (non-hydrogen) atoms. The number of likely N-dealkylation sites (tertiary alicyclic amines) is 1. The number of nitrogens with zero attached hydrogens (tertiary/aromatic N) is 1. The number of aliphatic hydroxyl groups is 11. The summed E-state index contributed by atoms with van der Waals surface area (Å²) in [7, 11) is -7.54. The molecule has 5 fully saturated rings. The smallest absolute Gasteiger partial charge is 0.400 e. The summed E-state index contributed by atoms with van der Waals surface area (Å²) in [5.74, 6) is -4.74. The number of hydrogen-bond donors (Lipinski definition) is 17. The SMILES string of the molecule is C.CO.COP(=O)(O)OC1C[C@H](C)O[C@@H]1COP(=O)(O)O[C@@H]1C[C@@H](CO)N(C(=O)CC(=O)NC(COCCC(=O)CCCCCC(=O)CCCCO[C@@H]2OC(CO)[C@H](O)[C@H](O)C2C)(COCCC(=O)NCCCCC(=O)CCCCO[C@@H]2OC(CO)[C@H](O)[C@H](O)C2C)COCCC(=O)NCCCNC(=O)CCCCO[C@@H]2OC(CO)[C@H](O)[C@H](O)C2C)C1. The molecule has 0 radical (unpaired) electrons. The standard InChI is InChI=1S/C76H135N5O36P2.CH4O.CH4/c1-48-36-57(117-118(100,101)104-5)61(112-48)44-111-119(102,103)116-56-37-52(40-82)81(39-56)66(93)38-65(92)80-76(45-105-33-24-55(88)19-8-6-7-18-53(86)21-10-14-30-108-73-49(2)67(94)70(97)58(41-83)113-73,46-106-34-25-63(90)77-27-13-9-20-54(87)22-11-15-31-109-74-50(3)68(95)71(98)59(42-84)114-74)47-107-35-26-64(91)79-29-17-28-78-62(89)23-12-16-32-110-75-51(4)69(96)72(99)60(43-85)115-75;1-2;/h48-52,56-61,67-75,82-85,94-99H,6-47H2,1-5H3,(H,77,90)(H,78,89)(H,79,91)(H,80,92)(H,100,101)(H,102,103);2H,1H3;1H4/t48-,49?,50?,51?,52-,56+,57?,58?,59?,60?,61+,67+,68+,69+,70-,71-,72-,73+,74+,75+,76?;;/m0../s1. The molecule has 0 aliphatic carbocycles. The summed E-state index contributed by atoms with van der Waals surface area (Å²) in [5, 5.41) is 118. The Morgan fingerprint density at radius 2 is 0.836 bits per heavy atom. The van der Waals surface area contributed by atoms with Gasteiger partial charge in [0.2, 0.25) is 29.5 Å². The summed E-state index contributed by atoms with van der Waals surface area (Å²) in [6, 6.07) is -1.03. The highest BCUT2D eigenvalue weighted by atomic mass is 31.2. The van der Waals surface area contributed by atoms with Crippen molar-refractivity contribution in [1.82, 2.24) is 26.2 Å². The molecular weight excluding hydrogens is 1660 g/mol. The number of carbonyl (C=O) groups excluding carboxylic acids is 8. The number of nitrogens with one attached hydrogen (secondary N) is 4. The van der Waals surface area contributed by atoms with Crippen molar-refractivity contribution < 1.29 is 179 Å². The molecule has 10 unspecified atom stereocenters. The molecule has 712 valence electrons. The summed E-state index contributed by atoms with van der Waals surface area (Å²) in [6.45, 7) is 2.59. The van der Waals surface area contributed by atoms with Gasteiger partial charge in [0.15, 0.2) is 18.9 Å². The average molecular weight is 1800 g/mol. The molecule has 5 heterocycles. The minimum absolute atomic E-state index is 0. The van der Waals surface area contributed by atoms with E-state index >= 15 is 0 Å². The Bertz CT molecular complexity index is 2890. The Morgan fingerprint density at radius 1 is 0.443 bits per heavy atom. The van der Waals surface area contributed by atoms with Crippen molar-refractivity contribution in [3.05, 3.63) is 0 Å². The quantitative estimate of drug-likeness (QED) is 0.0206. The number of aliphatic hydroxyl groups excluding tert-OH is 11. The first-order chi connectivity index (χ1) is 57.7. The van der Waals surface area contributed by atoms with E-state index in [4.69, 9.17) is 66.0 Å². The van der Waals surface area contributed by atoms with E-state index < -0.39 is 233 Å². The molecule has 0 bridgehead atoms. The van der Waals surface area contributed by atoms with Gasteiger partial charge >= 0.3 is 15.6 Å². The molecule has 5 aliphatic rings. The predicted molar refractivity (Wildman–Crippen MR) is 431 cm³/mol. The molecule has 0 saturated carbocycles. The summed E-state index contributed by atoms with van der Waals surface area (Å²) < 4.78 is 104. The van der Waals surface area contributed by atoms with Crippen LogP contribution >= 0.6 is 15.6 Å². The van der Waals surface area contributed by atoms with Gasteiger partial charge in [-0.05, 0) is 84.0 Å². The van der Waals surface area contributed by atoms with E-state index in [1.807, 2.05) is 0 Å². The fourth-order valence-corrected chi connectivity index (χ4v) is 15.7. The second kappa shape index (κ2) is 60.5. The van der Waals surface area contributed by atoms with E-state index in [0.717, 1.165) is 19.1 Å². The van der Waals surface area contributed by atoms with Gasteiger partial charge in [0.25, 0.3) is 0 Å². The van der Waals surface area contributed by atoms with Crippen molar-refractivity contribution in [3.63, 3.8) is 0 Å². The van der Waals surface area contributed by atoms with Crippen molar-refractivity contribution in [1.29, 1.82) is 0 Å². The molecule has 23 atom stereocenters. The van der Waals surface area contributed by atoms with Gasteiger partial charge in [0.05, 0.1) is 109 Å². The molecule has 44 heteroatoms. The highest BCUT2D eigenvalue weighted by Gasteiger charge is 2.48. The maximum absolute atomic E-state index is 14.4. The second-order valence-electron chi connectivity index (χ2n) is 31.3. The van der Waals surface area contributed by atoms with Gasteiger partial charge in [-0.3, -0.25) is 56.5 Å².